The van der Waals surface area contributed by atoms with Gasteiger partial charge in [0.25, 0.3) is 0 Å². The first-order chi connectivity index (χ1) is 6.29. The second kappa shape index (κ2) is 3.95. The van der Waals surface area contributed by atoms with Crippen molar-refractivity contribution in [1.29, 1.82) is 0 Å². The molecular formula is C10H18O3. The maximum atomic E-state index is 9.54. The van der Waals surface area contributed by atoms with Gasteiger partial charge >= 0.3 is 0 Å². The zero-order valence-electron chi connectivity index (χ0n) is 8.00. The van der Waals surface area contributed by atoms with E-state index in [0.717, 1.165) is 38.7 Å². The molecule has 1 aliphatic heterocycles. The van der Waals surface area contributed by atoms with Gasteiger partial charge in [-0.2, -0.15) is 0 Å². The van der Waals surface area contributed by atoms with Gasteiger partial charge in [0.2, 0.25) is 0 Å². The van der Waals surface area contributed by atoms with E-state index < -0.39 is 0 Å². The molecule has 2 rings (SSSR count). The van der Waals surface area contributed by atoms with Crippen molar-refractivity contribution in [3.63, 3.8) is 0 Å². The third-order valence-electron chi connectivity index (χ3n) is 2.84. The molecule has 2 aliphatic rings. The zero-order valence-corrected chi connectivity index (χ0v) is 8.00. The molecule has 1 aliphatic carbocycles. The summed E-state index contributed by atoms with van der Waals surface area (Å²) in [7, 11) is 0. The first-order valence-corrected chi connectivity index (χ1v) is 5.24. The Morgan fingerprint density at radius 3 is 2.85 bits per heavy atom. The number of rotatable bonds is 4. The lowest BCUT2D eigenvalue weighted by atomic mass is 10.2. The molecule has 0 spiro atoms. The molecule has 0 aromatic carbocycles. The van der Waals surface area contributed by atoms with Crippen LogP contribution in [0.5, 0.6) is 0 Å². The monoisotopic (exact) mass is 186 g/mol. The van der Waals surface area contributed by atoms with Crippen LogP contribution in [0.2, 0.25) is 0 Å². The van der Waals surface area contributed by atoms with Crippen LogP contribution in [0.25, 0.3) is 0 Å². The summed E-state index contributed by atoms with van der Waals surface area (Å²) in [6.45, 7) is 1.47. The average Bonchev–Trinajstić information content (AvgIpc) is 2.86. The van der Waals surface area contributed by atoms with E-state index in [2.05, 4.69) is 0 Å². The standard InChI is InChI=1S/C10H18O3/c11-10(4-5-10)6-8-13-9-3-1-2-7-12-9/h9,11H,1-8H2/t9-/m0/s1. The molecule has 0 amide bonds. The summed E-state index contributed by atoms with van der Waals surface area (Å²) in [6.07, 6.45) is 6.03. The fourth-order valence-electron chi connectivity index (χ4n) is 1.62. The van der Waals surface area contributed by atoms with Gasteiger partial charge in [0.1, 0.15) is 0 Å². The third-order valence-corrected chi connectivity index (χ3v) is 2.84. The summed E-state index contributed by atoms with van der Waals surface area (Å²) in [5, 5.41) is 9.54. The predicted molar refractivity (Wildman–Crippen MR) is 48.3 cm³/mol. The van der Waals surface area contributed by atoms with Crippen LogP contribution >= 0.6 is 0 Å². The number of aliphatic hydroxyl groups is 1. The van der Waals surface area contributed by atoms with Gasteiger partial charge in [0, 0.05) is 6.61 Å². The van der Waals surface area contributed by atoms with Crippen molar-refractivity contribution in [3.8, 4) is 0 Å². The molecule has 3 heteroatoms. The van der Waals surface area contributed by atoms with Crippen LogP contribution in [-0.2, 0) is 9.47 Å². The van der Waals surface area contributed by atoms with Gasteiger partial charge in [-0.1, -0.05) is 0 Å². The van der Waals surface area contributed by atoms with E-state index in [1.807, 2.05) is 0 Å². The molecule has 0 radical (unpaired) electrons. The second-order valence-electron chi connectivity index (χ2n) is 4.14. The smallest absolute Gasteiger partial charge is 0.157 e. The van der Waals surface area contributed by atoms with Crippen molar-refractivity contribution in [2.24, 2.45) is 0 Å². The van der Waals surface area contributed by atoms with Gasteiger partial charge in [-0.05, 0) is 38.5 Å². The summed E-state index contributed by atoms with van der Waals surface area (Å²) in [5.74, 6) is 0. The van der Waals surface area contributed by atoms with E-state index in [9.17, 15) is 5.11 Å². The minimum Gasteiger partial charge on any atom is -0.390 e. The molecule has 1 saturated heterocycles. The molecule has 0 unspecified atom stereocenters. The highest BCUT2D eigenvalue weighted by molar-refractivity contribution is 4.92. The van der Waals surface area contributed by atoms with Gasteiger partial charge in [-0.3, -0.25) is 0 Å². The highest BCUT2D eigenvalue weighted by Crippen LogP contribution is 2.38. The van der Waals surface area contributed by atoms with Gasteiger partial charge < -0.3 is 14.6 Å². The van der Waals surface area contributed by atoms with Crippen LogP contribution < -0.4 is 0 Å². The largest absolute Gasteiger partial charge is 0.390 e. The molecule has 3 nitrogen and oxygen atoms in total. The average molecular weight is 186 g/mol. The lowest BCUT2D eigenvalue weighted by molar-refractivity contribution is -0.166. The van der Waals surface area contributed by atoms with Crippen molar-refractivity contribution >= 4 is 0 Å². The Kier molecular flexibility index (Phi) is 2.86. The van der Waals surface area contributed by atoms with Crippen molar-refractivity contribution in [2.45, 2.75) is 50.4 Å². The molecule has 1 N–H and O–H groups in total. The Hall–Kier alpha value is -0.120. The molecule has 0 aromatic heterocycles. The lowest BCUT2D eigenvalue weighted by Gasteiger charge is -2.23. The van der Waals surface area contributed by atoms with Crippen LogP contribution in [0.15, 0.2) is 0 Å². The first kappa shape index (κ1) is 9.44. The van der Waals surface area contributed by atoms with E-state index in [1.54, 1.807) is 0 Å². The molecule has 1 heterocycles. The Balaban J connectivity index is 1.56. The minimum atomic E-state index is -0.380. The van der Waals surface area contributed by atoms with Crippen LogP contribution in [0.3, 0.4) is 0 Å². The van der Waals surface area contributed by atoms with Crippen LogP contribution in [0, 0.1) is 0 Å². The highest BCUT2D eigenvalue weighted by Gasteiger charge is 2.39. The SMILES string of the molecule is OC1(CCO[C@H]2CCCCO2)CC1. The fraction of sp³-hybridized carbons (Fsp3) is 1.00. The van der Waals surface area contributed by atoms with Crippen LogP contribution in [0.4, 0.5) is 0 Å². The summed E-state index contributed by atoms with van der Waals surface area (Å²) in [5.41, 5.74) is -0.380. The topological polar surface area (TPSA) is 38.7 Å². The fourth-order valence-corrected chi connectivity index (χ4v) is 1.62. The van der Waals surface area contributed by atoms with Crippen LogP contribution in [0.1, 0.15) is 38.5 Å². The predicted octanol–water partition coefficient (Wildman–Crippen LogP) is 1.44. The Bertz CT molecular complexity index is 160. The van der Waals surface area contributed by atoms with E-state index in [0.29, 0.717) is 6.61 Å². The maximum Gasteiger partial charge on any atom is 0.157 e. The molecule has 0 bridgehead atoms. The second-order valence-corrected chi connectivity index (χ2v) is 4.14. The molecule has 1 saturated carbocycles. The summed E-state index contributed by atoms with van der Waals surface area (Å²) >= 11 is 0. The first-order valence-electron chi connectivity index (χ1n) is 5.24. The Morgan fingerprint density at radius 1 is 1.38 bits per heavy atom. The summed E-state index contributed by atoms with van der Waals surface area (Å²) in [4.78, 5) is 0. The molecule has 2 fully saturated rings. The van der Waals surface area contributed by atoms with E-state index in [1.165, 1.54) is 6.42 Å². The van der Waals surface area contributed by atoms with Gasteiger partial charge in [-0.25, -0.2) is 0 Å². The number of ether oxygens (including phenoxy) is 2. The van der Waals surface area contributed by atoms with Crippen LogP contribution in [-0.4, -0.2) is 30.2 Å². The maximum absolute atomic E-state index is 9.54. The summed E-state index contributed by atoms with van der Waals surface area (Å²) < 4.78 is 10.9. The van der Waals surface area contributed by atoms with Gasteiger partial charge in [0.05, 0.1) is 12.2 Å². The van der Waals surface area contributed by atoms with Gasteiger partial charge in [0.15, 0.2) is 6.29 Å². The number of hydrogen-bond donors (Lipinski definition) is 1. The van der Waals surface area contributed by atoms with Crippen molar-refractivity contribution in [2.75, 3.05) is 13.2 Å². The Morgan fingerprint density at radius 2 is 2.23 bits per heavy atom. The van der Waals surface area contributed by atoms with E-state index in [4.69, 9.17) is 9.47 Å². The molecule has 13 heavy (non-hydrogen) atoms. The van der Waals surface area contributed by atoms with Gasteiger partial charge in [-0.15, -0.1) is 0 Å². The van der Waals surface area contributed by atoms with E-state index >= 15 is 0 Å². The molecule has 1 atom stereocenters. The minimum absolute atomic E-state index is 0.00361. The quantitative estimate of drug-likeness (QED) is 0.722. The normalized spacial score (nSPS) is 31.6. The third kappa shape index (κ3) is 2.93. The molecular weight excluding hydrogens is 168 g/mol. The van der Waals surface area contributed by atoms with Crippen molar-refractivity contribution in [1.82, 2.24) is 0 Å². The Labute approximate surface area is 79.0 Å². The number of hydrogen-bond acceptors (Lipinski definition) is 3. The lowest BCUT2D eigenvalue weighted by Crippen LogP contribution is -2.24. The summed E-state index contributed by atoms with van der Waals surface area (Å²) in [6, 6.07) is 0. The zero-order chi connectivity index (χ0) is 9.15. The molecule has 0 aromatic rings. The van der Waals surface area contributed by atoms with Crippen molar-refractivity contribution < 1.29 is 14.6 Å². The van der Waals surface area contributed by atoms with Crippen molar-refractivity contribution in [3.05, 3.63) is 0 Å². The van der Waals surface area contributed by atoms with E-state index in [-0.39, 0.29) is 11.9 Å². The molecule has 76 valence electrons. The highest BCUT2D eigenvalue weighted by atomic mass is 16.7.